The van der Waals surface area contributed by atoms with Crippen molar-refractivity contribution in [2.45, 2.75) is 38.4 Å². The van der Waals surface area contributed by atoms with Crippen molar-refractivity contribution in [3.05, 3.63) is 64.4 Å². The van der Waals surface area contributed by atoms with Crippen LogP contribution < -0.4 is 15.8 Å². The molecule has 34 heavy (non-hydrogen) atoms. The summed E-state index contributed by atoms with van der Waals surface area (Å²) in [4.78, 5) is 28.9. The summed E-state index contributed by atoms with van der Waals surface area (Å²) in [6.07, 6.45) is 5.07. The number of primary amides is 1. The molecule has 2 heterocycles. The molecule has 0 spiro atoms. The fourth-order valence-electron chi connectivity index (χ4n) is 4.79. The smallest absolute Gasteiger partial charge is 0.316 e. The maximum Gasteiger partial charge on any atom is 0.316 e. The number of amides is 3. The number of nitrogens with two attached hydrogens (primary N) is 1. The lowest BCUT2D eigenvalue weighted by Gasteiger charge is -2.40. The first-order valence-corrected chi connectivity index (χ1v) is 11.7. The van der Waals surface area contributed by atoms with Gasteiger partial charge < -0.3 is 20.7 Å². The van der Waals surface area contributed by atoms with Crippen LogP contribution in [0.3, 0.4) is 0 Å². The molecule has 2 aromatic carbocycles. The second-order valence-corrected chi connectivity index (χ2v) is 8.98. The van der Waals surface area contributed by atoms with Crippen molar-refractivity contribution >= 4 is 35.3 Å². The van der Waals surface area contributed by atoms with E-state index in [-0.39, 0.29) is 23.8 Å². The average Bonchev–Trinajstić information content (AvgIpc) is 3.06. The van der Waals surface area contributed by atoms with Gasteiger partial charge in [0.1, 0.15) is 11.6 Å². The highest BCUT2D eigenvalue weighted by Gasteiger charge is 2.41. The van der Waals surface area contributed by atoms with Gasteiger partial charge in [0, 0.05) is 43.4 Å². The lowest BCUT2D eigenvalue weighted by molar-refractivity contribution is -0.131. The molecule has 0 aromatic heterocycles. The fraction of sp³-hybridized carbons (Fsp3) is 0.360. The van der Waals surface area contributed by atoms with Gasteiger partial charge in [-0.15, -0.1) is 0 Å². The summed E-state index contributed by atoms with van der Waals surface area (Å²) >= 11 is 6.23. The molecule has 9 heteroatoms. The van der Waals surface area contributed by atoms with Gasteiger partial charge in [0.2, 0.25) is 5.91 Å². The summed E-state index contributed by atoms with van der Waals surface area (Å²) in [5.74, 6) is 0.141. The van der Waals surface area contributed by atoms with E-state index in [1.807, 2.05) is 11.8 Å². The van der Waals surface area contributed by atoms with Crippen molar-refractivity contribution in [3.8, 4) is 5.75 Å². The summed E-state index contributed by atoms with van der Waals surface area (Å²) in [7, 11) is 0. The first-order valence-electron chi connectivity index (χ1n) is 11.3. The maximum atomic E-state index is 13.2. The van der Waals surface area contributed by atoms with Crippen molar-refractivity contribution in [1.29, 1.82) is 0 Å². The normalized spacial score (nSPS) is 20.0. The zero-order chi connectivity index (χ0) is 24.2. The van der Waals surface area contributed by atoms with Gasteiger partial charge in [-0.25, -0.2) is 9.18 Å². The minimum Gasteiger partial charge on any atom is -0.492 e. The first kappa shape index (κ1) is 24.0. The van der Waals surface area contributed by atoms with E-state index < -0.39 is 6.03 Å². The van der Waals surface area contributed by atoms with E-state index in [4.69, 9.17) is 22.1 Å². The molecule has 2 aromatic rings. The minimum atomic E-state index is -0.725. The van der Waals surface area contributed by atoms with E-state index in [1.165, 1.54) is 18.2 Å². The van der Waals surface area contributed by atoms with E-state index in [9.17, 15) is 14.0 Å². The van der Waals surface area contributed by atoms with Crippen molar-refractivity contribution in [2.75, 3.05) is 25.0 Å². The SMILES string of the molecule is CCOc1cc(C=CC(=O)N2C3CCC2CN(Cc2ccc(F)cc2)C3)c(NC(N)=O)cc1Cl. The van der Waals surface area contributed by atoms with Gasteiger partial charge in [-0.1, -0.05) is 23.7 Å². The highest BCUT2D eigenvalue weighted by Crippen LogP contribution is 2.34. The third-order valence-electron chi connectivity index (χ3n) is 6.20. The summed E-state index contributed by atoms with van der Waals surface area (Å²) < 4.78 is 18.7. The fourth-order valence-corrected chi connectivity index (χ4v) is 5.01. The predicted molar refractivity (Wildman–Crippen MR) is 130 cm³/mol. The van der Waals surface area contributed by atoms with Gasteiger partial charge in [0.15, 0.2) is 0 Å². The minimum absolute atomic E-state index is 0.0770. The number of fused-ring (bicyclic) bond motifs is 2. The predicted octanol–water partition coefficient (Wildman–Crippen LogP) is 4.26. The van der Waals surface area contributed by atoms with Gasteiger partial charge in [0.05, 0.1) is 17.3 Å². The summed E-state index contributed by atoms with van der Waals surface area (Å²) in [6.45, 7) is 4.55. The summed E-state index contributed by atoms with van der Waals surface area (Å²) in [5.41, 5.74) is 7.32. The Morgan fingerprint density at radius 1 is 1.21 bits per heavy atom. The molecular formula is C25H28ClFN4O3. The monoisotopic (exact) mass is 486 g/mol. The molecule has 2 unspecified atom stereocenters. The Balaban J connectivity index is 1.47. The van der Waals surface area contributed by atoms with Gasteiger partial charge in [0.25, 0.3) is 0 Å². The number of hydrogen-bond acceptors (Lipinski definition) is 4. The Morgan fingerprint density at radius 3 is 2.50 bits per heavy atom. The van der Waals surface area contributed by atoms with Crippen LogP contribution in [-0.2, 0) is 11.3 Å². The first-order chi connectivity index (χ1) is 16.3. The second kappa shape index (κ2) is 10.4. The Bertz CT molecular complexity index is 1080. The largest absolute Gasteiger partial charge is 0.492 e. The molecule has 2 atom stereocenters. The molecule has 3 amide bonds. The van der Waals surface area contributed by atoms with Gasteiger partial charge in [-0.05, 0) is 55.7 Å². The third-order valence-corrected chi connectivity index (χ3v) is 6.49. The average molecular weight is 487 g/mol. The summed E-state index contributed by atoms with van der Waals surface area (Å²) in [5, 5.41) is 2.88. The van der Waals surface area contributed by atoms with Crippen LogP contribution in [0.1, 0.15) is 30.9 Å². The van der Waals surface area contributed by atoms with E-state index in [1.54, 1.807) is 30.3 Å². The van der Waals surface area contributed by atoms with E-state index >= 15 is 0 Å². The molecule has 2 aliphatic heterocycles. The number of nitrogens with zero attached hydrogens (tertiary/aromatic N) is 2. The topological polar surface area (TPSA) is 87.9 Å². The molecule has 2 bridgehead atoms. The number of halogens is 2. The Labute approximate surface area is 203 Å². The molecule has 2 aliphatic rings. The maximum absolute atomic E-state index is 13.2. The Morgan fingerprint density at radius 2 is 1.88 bits per heavy atom. The lowest BCUT2D eigenvalue weighted by Crippen LogP contribution is -2.55. The van der Waals surface area contributed by atoms with Crippen molar-refractivity contribution < 1.29 is 18.7 Å². The zero-order valence-corrected chi connectivity index (χ0v) is 19.7. The second-order valence-electron chi connectivity index (χ2n) is 8.58. The quantitative estimate of drug-likeness (QED) is 0.572. The highest BCUT2D eigenvalue weighted by molar-refractivity contribution is 6.32. The van der Waals surface area contributed by atoms with Crippen molar-refractivity contribution in [3.63, 3.8) is 0 Å². The van der Waals surface area contributed by atoms with Crippen LogP contribution in [0.4, 0.5) is 14.9 Å². The van der Waals surface area contributed by atoms with Crippen LogP contribution in [0, 0.1) is 5.82 Å². The molecule has 3 N–H and O–H groups in total. The van der Waals surface area contributed by atoms with E-state index in [0.29, 0.717) is 28.6 Å². The number of nitrogens with one attached hydrogen (secondary N) is 1. The van der Waals surface area contributed by atoms with Crippen LogP contribution in [0.15, 0.2) is 42.5 Å². The Hall–Kier alpha value is -3.10. The van der Waals surface area contributed by atoms with Crippen LogP contribution in [0.25, 0.3) is 6.08 Å². The number of carbonyl (C=O) groups is 2. The van der Waals surface area contributed by atoms with Crippen LogP contribution in [0.5, 0.6) is 5.75 Å². The number of piperazine rings is 1. The van der Waals surface area contributed by atoms with E-state index in [0.717, 1.165) is 38.0 Å². The van der Waals surface area contributed by atoms with Gasteiger partial charge >= 0.3 is 6.03 Å². The number of likely N-dealkylation sites (tertiary alicyclic amines) is 1. The number of hydrogen-bond donors (Lipinski definition) is 2. The van der Waals surface area contributed by atoms with Gasteiger partial charge in [-0.2, -0.15) is 0 Å². The van der Waals surface area contributed by atoms with Crippen molar-refractivity contribution in [2.24, 2.45) is 5.73 Å². The Kier molecular flexibility index (Phi) is 7.38. The number of benzene rings is 2. The van der Waals surface area contributed by atoms with E-state index in [2.05, 4.69) is 10.2 Å². The molecule has 7 nitrogen and oxygen atoms in total. The molecule has 2 saturated heterocycles. The number of urea groups is 1. The molecule has 0 aliphatic carbocycles. The molecule has 4 rings (SSSR count). The molecule has 0 saturated carbocycles. The number of ether oxygens (including phenoxy) is 1. The summed E-state index contributed by atoms with van der Waals surface area (Å²) in [6, 6.07) is 9.32. The number of anilines is 1. The standard InChI is InChI=1S/C25H28ClFN4O3/c1-2-34-23-11-17(22(12-21(23)26)29-25(28)33)5-10-24(32)31-19-8-9-20(31)15-30(14-19)13-16-3-6-18(27)7-4-16/h3-7,10-12,19-20H,2,8-9,13-15H2,1H3,(H3,28,29,33). The van der Waals surface area contributed by atoms with Gasteiger partial charge in [-0.3, -0.25) is 9.69 Å². The third kappa shape index (κ3) is 5.51. The van der Waals surface area contributed by atoms with Crippen molar-refractivity contribution in [1.82, 2.24) is 9.80 Å². The number of carbonyl (C=O) groups excluding carboxylic acids is 2. The molecule has 2 fully saturated rings. The lowest BCUT2D eigenvalue weighted by atomic mass is 10.1. The number of rotatable bonds is 7. The zero-order valence-electron chi connectivity index (χ0n) is 19.0. The highest BCUT2D eigenvalue weighted by atomic mass is 35.5. The van der Waals surface area contributed by atoms with Crippen LogP contribution >= 0.6 is 11.6 Å². The molecule has 180 valence electrons. The van der Waals surface area contributed by atoms with Crippen LogP contribution in [0.2, 0.25) is 5.02 Å². The van der Waals surface area contributed by atoms with Crippen LogP contribution in [-0.4, -0.2) is 53.5 Å². The molecule has 0 radical (unpaired) electrons. The molecular weight excluding hydrogens is 459 g/mol.